The number of imidazole rings is 1. The monoisotopic (exact) mass is 508 g/mol. The molecule has 0 saturated heterocycles. The number of thioether (sulfide) groups is 1. The summed E-state index contributed by atoms with van der Waals surface area (Å²) in [4.78, 5) is 22.2. The Kier molecular flexibility index (Phi) is 9.69. The fourth-order valence-electron chi connectivity index (χ4n) is 4.39. The number of fused-ring (bicyclic) bond motifs is 1. The third-order valence-electron chi connectivity index (χ3n) is 5.86. The summed E-state index contributed by atoms with van der Waals surface area (Å²) in [6.45, 7) is 4.80. The van der Waals surface area contributed by atoms with E-state index >= 15 is 0 Å². The molecule has 4 atom stereocenters. The lowest BCUT2D eigenvalue weighted by molar-refractivity contribution is -0.106. The van der Waals surface area contributed by atoms with E-state index in [4.69, 9.17) is 27.1 Å². The minimum Gasteiger partial charge on any atom is -0.391 e. The number of rotatable bonds is 8. The summed E-state index contributed by atoms with van der Waals surface area (Å²) in [6.07, 6.45) is 6.86. The quantitative estimate of drug-likeness (QED) is 0.266. The number of hydrogen-bond acceptors (Lipinski definition) is 8. The number of H-pyrrole nitrogens is 1. The molecule has 3 heterocycles. The first-order valence-corrected chi connectivity index (χ1v) is 12.9. The van der Waals surface area contributed by atoms with Crippen molar-refractivity contribution in [2.24, 2.45) is 23.3 Å². The summed E-state index contributed by atoms with van der Waals surface area (Å²) < 4.78 is 2.13. The molecule has 1 fully saturated rings. The molecule has 186 valence electrons. The second-order valence-corrected chi connectivity index (χ2v) is 10.8. The number of aromatic nitrogens is 6. The summed E-state index contributed by atoms with van der Waals surface area (Å²) >= 11 is 7.85. The number of nitrogens with zero attached hydrogens (tertiary/aromatic N) is 5. The second-order valence-electron chi connectivity index (χ2n) is 8.75. The first-order chi connectivity index (χ1) is 16.4. The Morgan fingerprint density at radius 3 is 2.79 bits per heavy atom. The number of aliphatic hydroxyl groups excluding tert-OH is 1. The van der Waals surface area contributed by atoms with E-state index in [0.29, 0.717) is 24.0 Å². The largest absolute Gasteiger partial charge is 0.391 e. The van der Waals surface area contributed by atoms with E-state index in [2.05, 4.69) is 44.3 Å². The minimum atomic E-state index is -0.465. The van der Waals surface area contributed by atoms with E-state index in [-0.39, 0.29) is 23.1 Å². The van der Waals surface area contributed by atoms with Crippen LogP contribution < -0.4 is 11.5 Å². The van der Waals surface area contributed by atoms with Gasteiger partial charge >= 0.3 is 0 Å². The molecule has 1 aliphatic carbocycles. The molecule has 0 aromatic carbocycles. The van der Waals surface area contributed by atoms with Crippen LogP contribution in [0.5, 0.6) is 0 Å². The highest BCUT2D eigenvalue weighted by molar-refractivity contribution is 8.01. The number of nitrogens with one attached hydrogen (secondary N) is 1. The molecule has 10 nitrogen and oxygen atoms in total. The van der Waals surface area contributed by atoms with Gasteiger partial charge in [-0.3, -0.25) is 14.9 Å². The van der Waals surface area contributed by atoms with E-state index in [1.165, 1.54) is 6.33 Å². The number of nitrogens with two attached hydrogens (primary N) is 2. The van der Waals surface area contributed by atoms with Crippen molar-refractivity contribution in [3.8, 4) is 11.5 Å². The molecule has 1 amide bonds. The summed E-state index contributed by atoms with van der Waals surface area (Å²) in [7, 11) is 0. The van der Waals surface area contributed by atoms with Crippen LogP contribution in [0.4, 0.5) is 0 Å². The van der Waals surface area contributed by atoms with Gasteiger partial charge in [-0.15, -0.1) is 23.4 Å². The number of alkyl halides is 1. The van der Waals surface area contributed by atoms with E-state index < -0.39 is 6.10 Å². The summed E-state index contributed by atoms with van der Waals surface area (Å²) in [6, 6.07) is 1.97. The fraction of sp³-hybridized carbons (Fsp3) is 0.591. The number of amides is 1. The van der Waals surface area contributed by atoms with Crippen LogP contribution in [-0.4, -0.2) is 64.3 Å². The molecular weight excluding hydrogens is 476 g/mol. The maximum Gasteiger partial charge on any atom is 0.204 e. The van der Waals surface area contributed by atoms with Crippen LogP contribution in [0.3, 0.4) is 0 Å². The molecule has 6 N–H and O–H groups in total. The van der Waals surface area contributed by atoms with Gasteiger partial charge in [-0.25, -0.2) is 9.97 Å². The molecule has 0 radical (unpaired) electrons. The standard InChI is InChI=1S/C21H30ClN7OS.CH3NO/c1-12(2)6-19-27-15-9-24-14(21-25-11-26-28-21)7-17(15)29(19)16-5-3-4-13(20(16)30)10-31-18(22)8-23;2-1-3/h7,9,11-13,16,18,20,30H,3-6,8,10,23H2,1-2H3,(H,25,26,28);1H,(H2,2,3). The molecule has 34 heavy (non-hydrogen) atoms. The molecule has 0 spiro atoms. The minimum absolute atomic E-state index is 0.0327. The normalized spacial score (nSPS) is 21.3. The van der Waals surface area contributed by atoms with Gasteiger partial charge < -0.3 is 21.1 Å². The van der Waals surface area contributed by atoms with Crippen molar-refractivity contribution < 1.29 is 9.90 Å². The van der Waals surface area contributed by atoms with Gasteiger partial charge in [0.15, 0.2) is 5.82 Å². The first kappa shape index (κ1) is 26.4. The van der Waals surface area contributed by atoms with Crippen LogP contribution in [0, 0.1) is 11.8 Å². The van der Waals surface area contributed by atoms with Gasteiger partial charge in [-0.1, -0.05) is 20.3 Å². The third kappa shape index (κ3) is 6.26. The zero-order valence-corrected chi connectivity index (χ0v) is 21.0. The highest BCUT2D eigenvalue weighted by Gasteiger charge is 2.35. The van der Waals surface area contributed by atoms with Crippen LogP contribution in [-0.2, 0) is 11.2 Å². The van der Waals surface area contributed by atoms with E-state index in [0.717, 1.165) is 48.3 Å². The molecule has 0 aliphatic heterocycles. The highest BCUT2D eigenvalue weighted by Crippen LogP contribution is 2.38. The summed E-state index contributed by atoms with van der Waals surface area (Å²) in [5.74, 6) is 3.05. The molecule has 3 aromatic rings. The van der Waals surface area contributed by atoms with E-state index in [9.17, 15) is 5.11 Å². The van der Waals surface area contributed by atoms with Gasteiger partial charge in [0.2, 0.25) is 6.41 Å². The van der Waals surface area contributed by atoms with Gasteiger partial charge in [0.1, 0.15) is 23.4 Å². The smallest absolute Gasteiger partial charge is 0.204 e. The second kappa shape index (κ2) is 12.5. The van der Waals surface area contributed by atoms with Gasteiger partial charge in [0.25, 0.3) is 0 Å². The highest BCUT2D eigenvalue weighted by atomic mass is 35.5. The average Bonchev–Trinajstić information content (AvgIpc) is 3.46. The van der Waals surface area contributed by atoms with Crippen molar-refractivity contribution in [2.75, 3.05) is 12.3 Å². The van der Waals surface area contributed by atoms with Crippen molar-refractivity contribution in [3.63, 3.8) is 0 Å². The maximum absolute atomic E-state index is 11.4. The molecular formula is C22H33ClN8O2S. The number of carbonyl (C=O) groups is 1. The fourth-order valence-corrected chi connectivity index (χ4v) is 5.56. The van der Waals surface area contributed by atoms with Crippen molar-refractivity contribution in [1.82, 2.24) is 29.7 Å². The lowest BCUT2D eigenvalue weighted by Crippen LogP contribution is -2.37. The molecule has 4 unspecified atom stereocenters. The number of hydrogen-bond donors (Lipinski definition) is 4. The average molecular weight is 509 g/mol. The van der Waals surface area contributed by atoms with Crippen molar-refractivity contribution in [2.45, 2.75) is 56.4 Å². The van der Waals surface area contributed by atoms with Gasteiger partial charge in [-0.05, 0) is 30.7 Å². The van der Waals surface area contributed by atoms with Crippen LogP contribution in [0.25, 0.3) is 22.6 Å². The number of halogens is 1. The van der Waals surface area contributed by atoms with Crippen LogP contribution in [0.2, 0.25) is 0 Å². The van der Waals surface area contributed by atoms with E-state index in [1.54, 1.807) is 18.0 Å². The van der Waals surface area contributed by atoms with Crippen molar-refractivity contribution >= 4 is 40.8 Å². The number of pyridine rings is 1. The number of aliphatic hydroxyl groups is 1. The van der Waals surface area contributed by atoms with Gasteiger partial charge in [0.05, 0.1) is 28.6 Å². The Morgan fingerprint density at radius 1 is 1.38 bits per heavy atom. The lowest BCUT2D eigenvalue weighted by atomic mass is 9.83. The molecule has 0 bridgehead atoms. The Bertz CT molecular complexity index is 1050. The predicted molar refractivity (Wildman–Crippen MR) is 135 cm³/mol. The van der Waals surface area contributed by atoms with Crippen molar-refractivity contribution in [3.05, 3.63) is 24.4 Å². The zero-order valence-electron chi connectivity index (χ0n) is 19.5. The SMILES string of the molecule is CC(C)Cc1nc2cnc(-c3ncn[nH]3)cc2n1C1CCCC(CSC(Cl)CN)C1O.NC=O. The first-order valence-electron chi connectivity index (χ1n) is 11.4. The predicted octanol–water partition coefficient (Wildman–Crippen LogP) is 2.48. The molecule has 12 heteroatoms. The Balaban J connectivity index is 0.00000103. The molecule has 1 saturated carbocycles. The topological polar surface area (TPSA) is 162 Å². The Hall–Kier alpha value is -2.21. The van der Waals surface area contributed by atoms with Crippen LogP contribution in [0.1, 0.15) is 45.0 Å². The van der Waals surface area contributed by atoms with E-state index in [1.807, 2.05) is 6.07 Å². The number of primary amides is 1. The van der Waals surface area contributed by atoms with Gasteiger partial charge in [0, 0.05) is 18.7 Å². The molecule has 1 aliphatic rings. The zero-order chi connectivity index (χ0) is 24.7. The third-order valence-corrected chi connectivity index (χ3v) is 7.59. The maximum atomic E-state index is 11.4. The van der Waals surface area contributed by atoms with Crippen molar-refractivity contribution in [1.29, 1.82) is 0 Å². The van der Waals surface area contributed by atoms with Crippen LogP contribution >= 0.6 is 23.4 Å². The summed E-state index contributed by atoms with van der Waals surface area (Å²) in [5, 5.41) is 18.2. The number of carbonyl (C=O) groups excluding carboxylic acids is 1. The summed E-state index contributed by atoms with van der Waals surface area (Å²) in [5.41, 5.74) is 12.4. The Labute approximate surface area is 208 Å². The number of aromatic amines is 1. The lowest BCUT2D eigenvalue weighted by Gasteiger charge is -2.37. The molecule has 4 rings (SSSR count). The van der Waals surface area contributed by atoms with Crippen LogP contribution in [0.15, 0.2) is 18.6 Å². The molecule has 3 aromatic heterocycles. The van der Waals surface area contributed by atoms with Gasteiger partial charge in [-0.2, -0.15) is 5.10 Å². The Morgan fingerprint density at radius 2 is 2.15 bits per heavy atom.